The summed E-state index contributed by atoms with van der Waals surface area (Å²) in [6, 6.07) is 9.41. The minimum Gasteiger partial charge on any atom is -0.381 e. The van der Waals surface area contributed by atoms with Gasteiger partial charge in [0.05, 0.1) is 5.92 Å². The fraction of sp³-hybridized carbons (Fsp3) is 0.590. The maximum atomic E-state index is 14.4. The fourth-order valence-electron chi connectivity index (χ4n) is 8.66. The second-order valence-corrected chi connectivity index (χ2v) is 15.5. The second-order valence-electron chi connectivity index (χ2n) is 15.1. The molecule has 9 heteroatoms. The van der Waals surface area contributed by atoms with Gasteiger partial charge in [-0.15, -0.1) is 0 Å². The van der Waals surface area contributed by atoms with Gasteiger partial charge in [0.2, 0.25) is 5.91 Å². The molecule has 1 spiro atoms. The van der Waals surface area contributed by atoms with E-state index in [1.165, 1.54) is 11.3 Å². The summed E-state index contributed by atoms with van der Waals surface area (Å²) < 4.78 is 11.5. The van der Waals surface area contributed by atoms with E-state index in [-0.39, 0.29) is 23.4 Å². The standard InChI is InChI=1S/C39H53ClN4O4/c1-8-43(28-11-15-47-16-12-28)33-21-29(27-9-10-31-32(20-27)44(24(2)3)23-39(31)13-17-48-18-14-39)35(40)34(38(33,6)7)37(46)41-22-30-25(4)19-26(5)42-36(30)45/h9-10,19-21,24,28,34H,8,11-18,22-23H2,1-7H3,(H,41,46)(H,42,45). The van der Waals surface area contributed by atoms with Gasteiger partial charge in [0.15, 0.2) is 0 Å². The molecule has 1 amide bonds. The highest BCUT2D eigenvalue weighted by atomic mass is 35.5. The summed E-state index contributed by atoms with van der Waals surface area (Å²) in [6.45, 7) is 19.7. The molecule has 3 aliphatic heterocycles. The number of aromatic nitrogens is 1. The van der Waals surface area contributed by atoms with Crippen LogP contribution in [0.25, 0.3) is 5.57 Å². The van der Waals surface area contributed by atoms with Crippen LogP contribution in [0.15, 0.2) is 45.9 Å². The van der Waals surface area contributed by atoms with E-state index >= 15 is 0 Å². The van der Waals surface area contributed by atoms with Crippen LogP contribution < -0.4 is 15.8 Å². The monoisotopic (exact) mass is 676 g/mol. The minimum absolute atomic E-state index is 0.0978. The van der Waals surface area contributed by atoms with Crippen molar-refractivity contribution in [1.29, 1.82) is 0 Å². The number of nitrogens with one attached hydrogen (secondary N) is 2. The number of carbonyl (C=O) groups excluding carboxylic acids is 1. The molecule has 4 aliphatic rings. The maximum Gasteiger partial charge on any atom is 0.253 e. The Morgan fingerprint density at radius 3 is 2.44 bits per heavy atom. The lowest BCUT2D eigenvalue weighted by atomic mass is 9.69. The number of benzene rings is 1. The van der Waals surface area contributed by atoms with Gasteiger partial charge in [0, 0.05) is 96.6 Å². The van der Waals surface area contributed by atoms with E-state index in [0.29, 0.717) is 22.7 Å². The van der Waals surface area contributed by atoms with Crippen molar-refractivity contribution < 1.29 is 14.3 Å². The van der Waals surface area contributed by atoms with Crippen molar-refractivity contribution in [2.75, 3.05) is 44.4 Å². The first-order valence-corrected chi connectivity index (χ1v) is 18.2. The van der Waals surface area contributed by atoms with Gasteiger partial charge in [-0.25, -0.2) is 0 Å². The van der Waals surface area contributed by atoms with E-state index < -0.39 is 11.3 Å². The molecule has 2 aromatic rings. The molecule has 0 saturated carbocycles. The fourth-order valence-corrected chi connectivity index (χ4v) is 9.20. The van der Waals surface area contributed by atoms with Gasteiger partial charge in [-0.2, -0.15) is 0 Å². The Bertz CT molecular complexity index is 1660. The van der Waals surface area contributed by atoms with Crippen LogP contribution in [0.5, 0.6) is 0 Å². The molecule has 1 aliphatic carbocycles. The molecule has 4 heterocycles. The van der Waals surface area contributed by atoms with Gasteiger partial charge in [0.1, 0.15) is 0 Å². The SMILES string of the molecule is CCN(C1=CC(c2ccc3c(c2)N(C(C)C)CC32CCOCC2)=C(Cl)C(C(=O)NCc2c(C)cc(C)[nH]c2=O)C1(C)C)C1CCOCC1. The van der Waals surface area contributed by atoms with Crippen LogP contribution in [0, 0.1) is 25.2 Å². The van der Waals surface area contributed by atoms with Crippen molar-refractivity contribution in [2.24, 2.45) is 11.3 Å². The second kappa shape index (κ2) is 13.7. The number of halogens is 1. The minimum atomic E-state index is -0.649. The summed E-state index contributed by atoms with van der Waals surface area (Å²) in [5.74, 6) is -0.828. The Morgan fingerprint density at radius 1 is 1.10 bits per heavy atom. The Labute approximate surface area is 290 Å². The number of aryl methyl sites for hydroxylation is 2. The predicted molar refractivity (Wildman–Crippen MR) is 193 cm³/mol. The summed E-state index contributed by atoms with van der Waals surface area (Å²) in [5.41, 5.74) is 7.20. The number of hydrogen-bond donors (Lipinski definition) is 2. The third kappa shape index (κ3) is 6.25. The highest BCUT2D eigenvalue weighted by Gasteiger charge is 2.48. The van der Waals surface area contributed by atoms with Gasteiger partial charge in [-0.05, 0) is 101 Å². The molecule has 2 N–H and O–H groups in total. The van der Waals surface area contributed by atoms with Gasteiger partial charge < -0.3 is 29.6 Å². The molecule has 6 rings (SSSR count). The number of H-pyrrole nitrogens is 1. The van der Waals surface area contributed by atoms with E-state index in [1.54, 1.807) is 0 Å². The first-order valence-electron chi connectivity index (χ1n) is 17.8. The molecule has 1 atom stereocenters. The molecule has 1 aromatic carbocycles. The lowest BCUT2D eigenvalue weighted by Crippen LogP contribution is -2.49. The number of fused-ring (bicyclic) bond motifs is 2. The number of pyridine rings is 1. The largest absolute Gasteiger partial charge is 0.381 e. The lowest BCUT2D eigenvalue weighted by Gasteiger charge is -2.47. The average Bonchev–Trinajstić information content (AvgIpc) is 3.35. The van der Waals surface area contributed by atoms with E-state index in [2.05, 4.69) is 79.0 Å². The van der Waals surface area contributed by atoms with Crippen LogP contribution in [0.1, 0.15) is 88.2 Å². The molecule has 8 nitrogen and oxygen atoms in total. The first-order chi connectivity index (χ1) is 22.9. The van der Waals surface area contributed by atoms with Crippen LogP contribution in [0.2, 0.25) is 0 Å². The molecule has 1 unspecified atom stereocenters. The third-order valence-corrected chi connectivity index (χ3v) is 11.8. The van der Waals surface area contributed by atoms with Crippen molar-refractivity contribution in [3.05, 3.63) is 79.4 Å². The van der Waals surface area contributed by atoms with E-state index in [9.17, 15) is 9.59 Å². The van der Waals surface area contributed by atoms with Gasteiger partial charge in [0.25, 0.3) is 5.56 Å². The van der Waals surface area contributed by atoms with Crippen molar-refractivity contribution in [3.8, 4) is 0 Å². The number of amides is 1. The molecule has 2 saturated heterocycles. The van der Waals surface area contributed by atoms with Crippen LogP contribution in [0.3, 0.4) is 0 Å². The Balaban J connectivity index is 1.44. The van der Waals surface area contributed by atoms with Gasteiger partial charge >= 0.3 is 0 Å². The van der Waals surface area contributed by atoms with E-state index in [0.717, 1.165) is 93.3 Å². The van der Waals surface area contributed by atoms with Crippen molar-refractivity contribution in [3.63, 3.8) is 0 Å². The zero-order chi connectivity index (χ0) is 34.4. The summed E-state index contributed by atoms with van der Waals surface area (Å²) in [5, 5.41) is 3.66. The van der Waals surface area contributed by atoms with Crippen molar-refractivity contribution in [1.82, 2.24) is 15.2 Å². The Morgan fingerprint density at radius 2 is 1.79 bits per heavy atom. The normalized spacial score (nSPS) is 22.2. The van der Waals surface area contributed by atoms with Gasteiger partial charge in [-0.3, -0.25) is 9.59 Å². The van der Waals surface area contributed by atoms with Crippen LogP contribution in [-0.4, -0.2) is 67.4 Å². The quantitative estimate of drug-likeness (QED) is 0.329. The zero-order valence-corrected chi connectivity index (χ0v) is 30.6. The number of allylic oxidation sites excluding steroid dienone is 3. The molecule has 48 heavy (non-hydrogen) atoms. The molecule has 0 bridgehead atoms. The van der Waals surface area contributed by atoms with Crippen LogP contribution in [-0.2, 0) is 26.2 Å². The van der Waals surface area contributed by atoms with Gasteiger partial charge in [-0.1, -0.05) is 37.6 Å². The highest BCUT2D eigenvalue weighted by molar-refractivity contribution is 6.35. The smallest absolute Gasteiger partial charge is 0.253 e. The summed E-state index contributed by atoms with van der Waals surface area (Å²) in [4.78, 5) is 35.1. The van der Waals surface area contributed by atoms with E-state index in [4.69, 9.17) is 21.1 Å². The molecule has 0 radical (unpaired) electrons. The predicted octanol–water partition coefficient (Wildman–Crippen LogP) is 6.58. The van der Waals surface area contributed by atoms with Crippen molar-refractivity contribution in [2.45, 2.75) is 98.2 Å². The number of hydrogen-bond acceptors (Lipinski definition) is 6. The van der Waals surface area contributed by atoms with E-state index in [1.807, 2.05) is 19.9 Å². The molecule has 260 valence electrons. The number of rotatable bonds is 8. The number of nitrogens with zero attached hydrogens (tertiary/aromatic N) is 2. The van der Waals surface area contributed by atoms with Crippen LogP contribution >= 0.6 is 11.6 Å². The molecule has 1 aromatic heterocycles. The maximum absolute atomic E-state index is 14.4. The van der Waals surface area contributed by atoms with Crippen LogP contribution in [0.4, 0.5) is 5.69 Å². The third-order valence-electron chi connectivity index (χ3n) is 11.4. The van der Waals surface area contributed by atoms with Crippen molar-refractivity contribution >= 4 is 28.8 Å². The molecule has 2 fully saturated rings. The average molecular weight is 677 g/mol. The molecular formula is C39H53ClN4O4. The number of aromatic amines is 1. The topological polar surface area (TPSA) is 86.9 Å². The number of anilines is 1. The zero-order valence-electron chi connectivity index (χ0n) is 29.8. The number of ether oxygens (including phenoxy) is 2. The number of carbonyl (C=O) groups is 1. The molecular weight excluding hydrogens is 624 g/mol. The Hall–Kier alpha value is -3.07. The summed E-state index contributed by atoms with van der Waals surface area (Å²) in [7, 11) is 0. The summed E-state index contributed by atoms with van der Waals surface area (Å²) >= 11 is 7.46. The Kier molecular flexibility index (Phi) is 9.91. The first kappa shape index (κ1) is 34.8. The lowest BCUT2D eigenvalue weighted by molar-refractivity contribution is -0.126. The summed E-state index contributed by atoms with van der Waals surface area (Å²) in [6.07, 6.45) is 6.17. The highest BCUT2D eigenvalue weighted by Crippen LogP contribution is 2.52.